The highest BCUT2D eigenvalue weighted by Crippen LogP contribution is 2.35. The van der Waals surface area contributed by atoms with Crippen LogP contribution >= 0.6 is 23.2 Å². The molecule has 3 heterocycles. The Morgan fingerprint density at radius 1 is 0.923 bits per heavy atom. The van der Waals surface area contributed by atoms with Crippen LogP contribution in [0.5, 0.6) is 0 Å². The molecule has 9 nitrogen and oxygen atoms in total. The molecule has 1 aliphatic heterocycles. The lowest BCUT2D eigenvalue weighted by atomic mass is 9.92. The molecule has 3 aromatic rings. The molecule has 2 aromatic heterocycles. The van der Waals surface area contributed by atoms with Crippen LogP contribution in [-0.2, 0) is 0 Å². The van der Waals surface area contributed by atoms with Gasteiger partial charge in [0.05, 0.1) is 21.9 Å². The number of imidazole rings is 1. The van der Waals surface area contributed by atoms with Crippen LogP contribution in [-0.4, -0.2) is 55.1 Å². The lowest BCUT2D eigenvalue weighted by molar-refractivity contribution is 0.0645. The highest BCUT2D eigenvalue weighted by atomic mass is 35.5. The minimum atomic E-state index is -0.270. The van der Waals surface area contributed by atoms with Crippen LogP contribution in [0.4, 0.5) is 11.8 Å². The molecule has 0 bridgehead atoms. The number of carbonyl (C=O) groups excluding carboxylic acids is 1. The topological polar surface area (TPSA) is 114 Å². The Morgan fingerprint density at radius 3 is 2.38 bits per heavy atom. The lowest BCUT2D eigenvalue weighted by Crippen LogP contribution is -2.48. The van der Waals surface area contributed by atoms with Crippen LogP contribution in [0.1, 0.15) is 87.0 Å². The molecule has 3 fully saturated rings. The van der Waals surface area contributed by atoms with E-state index in [1.54, 1.807) is 18.2 Å². The summed E-state index contributed by atoms with van der Waals surface area (Å²) in [5.74, 6) is 1.05. The molecule has 0 spiro atoms. The average molecular weight is 572 g/mol. The van der Waals surface area contributed by atoms with Gasteiger partial charge in [-0.1, -0.05) is 42.1 Å². The molecule has 0 radical (unpaired) electrons. The van der Waals surface area contributed by atoms with Gasteiger partial charge in [0.15, 0.2) is 17.0 Å². The molecule has 1 aromatic carbocycles. The summed E-state index contributed by atoms with van der Waals surface area (Å²) >= 11 is 12.8. The van der Waals surface area contributed by atoms with E-state index in [4.69, 9.17) is 43.9 Å². The largest absolute Gasteiger partial charge is 0.351 e. The quantitative estimate of drug-likeness (QED) is 0.333. The third kappa shape index (κ3) is 5.54. The van der Waals surface area contributed by atoms with E-state index >= 15 is 0 Å². The van der Waals surface area contributed by atoms with Gasteiger partial charge in [-0.25, -0.2) is 4.98 Å². The van der Waals surface area contributed by atoms with Crippen molar-refractivity contribution in [3.63, 3.8) is 0 Å². The van der Waals surface area contributed by atoms with Crippen LogP contribution in [0.3, 0.4) is 0 Å². The van der Waals surface area contributed by atoms with E-state index in [2.05, 4.69) is 15.2 Å². The Bertz CT molecular complexity index is 1310. The zero-order valence-electron chi connectivity index (χ0n) is 22.1. The first kappa shape index (κ1) is 26.6. The van der Waals surface area contributed by atoms with Crippen molar-refractivity contribution in [2.45, 2.75) is 94.9 Å². The van der Waals surface area contributed by atoms with Crippen molar-refractivity contribution in [3.05, 3.63) is 40.1 Å². The molecule has 2 saturated carbocycles. The van der Waals surface area contributed by atoms with E-state index in [1.807, 2.05) is 11.2 Å². The van der Waals surface area contributed by atoms with Crippen LogP contribution < -0.4 is 16.4 Å². The van der Waals surface area contributed by atoms with Gasteiger partial charge >= 0.3 is 0 Å². The van der Waals surface area contributed by atoms with Crippen molar-refractivity contribution >= 4 is 52.0 Å². The first-order valence-electron chi connectivity index (χ1n) is 14.3. The molecule has 6 rings (SSSR count). The van der Waals surface area contributed by atoms with E-state index in [0.29, 0.717) is 40.0 Å². The Morgan fingerprint density at radius 2 is 1.64 bits per heavy atom. The molecule has 1 amide bonds. The maximum Gasteiger partial charge on any atom is 0.258 e. The molecule has 11 heteroatoms. The van der Waals surface area contributed by atoms with Crippen molar-refractivity contribution in [3.8, 4) is 0 Å². The van der Waals surface area contributed by atoms with Crippen molar-refractivity contribution in [1.29, 1.82) is 0 Å². The van der Waals surface area contributed by atoms with E-state index in [-0.39, 0.29) is 24.2 Å². The lowest BCUT2D eigenvalue weighted by Gasteiger charge is -2.37. The van der Waals surface area contributed by atoms with Gasteiger partial charge in [0.25, 0.3) is 5.91 Å². The highest BCUT2D eigenvalue weighted by Gasteiger charge is 2.32. The Kier molecular flexibility index (Phi) is 7.82. The van der Waals surface area contributed by atoms with Gasteiger partial charge < -0.3 is 25.8 Å². The fourth-order valence-corrected chi connectivity index (χ4v) is 6.86. The SMILES string of the molecule is NC1CCC(Nc2nc(NC3CCCCN3C(=O)c3c(Cl)cccc3Cl)c3ncn(C4CCCC4)c3n2)CC1. The molecule has 1 unspecified atom stereocenters. The summed E-state index contributed by atoms with van der Waals surface area (Å²) in [6.07, 6.45) is 13.0. The number of rotatable bonds is 6. The number of carbonyl (C=O) groups is 1. The Labute approximate surface area is 238 Å². The number of hydrogen-bond donors (Lipinski definition) is 3. The predicted octanol–water partition coefficient (Wildman–Crippen LogP) is 5.99. The number of benzene rings is 1. The average Bonchev–Trinajstić information content (AvgIpc) is 3.60. The minimum Gasteiger partial charge on any atom is -0.351 e. The molecule has 3 aliphatic rings. The number of anilines is 2. The number of hydrogen-bond acceptors (Lipinski definition) is 7. The van der Waals surface area contributed by atoms with Gasteiger partial charge in [0.1, 0.15) is 6.17 Å². The van der Waals surface area contributed by atoms with Crippen molar-refractivity contribution in [2.24, 2.45) is 5.73 Å². The smallest absolute Gasteiger partial charge is 0.258 e. The van der Waals surface area contributed by atoms with Gasteiger partial charge in [-0.15, -0.1) is 0 Å². The third-order valence-corrected chi connectivity index (χ3v) is 9.12. The second kappa shape index (κ2) is 11.5. The number of amides is 1. The number of fused-ring (bicyclic) bond motifs is 1. The number of likely N-dealkylation sites (tertiary alicyclic amines) is 1. The monoisotopic (exact) mass is 570 g/mol. The van der Waals surface area contributed by atoms with E-state index in [9.17, 15) is 4.79 Å². The molecule has 4 N–H and O–H groups in total. The predicted molar refractivity (Wildman–Crippen MR) is 155 cm³/mol. The second-order valence-electron chi connectivity index (χ2n) is 11.2. The van der Waals surface area contributed by atoms with Gasteiger partial charge in [0.2, 0.25) is 5.95 Å². The number of halogens is 2. The summed E-state index contributed by atoms with van der Waals surface area (Å²) in [6, 6.07) is 6.11. The maximum absolute atomic E-state index is 13.7. The van der Waals surface area contributed by atoms with Crippen LogP contribution in [0.25, 0.3) is 11.2 Å². The maximum atomic E-state index is 13.7. The second-order valence-corrected chi connectivity index (χ2v) is 12.0. The Balaban J connectivity index is 1.33. The molecule has 208 valence electrons. The van der Waals surface area contributed by atoms with Crippen molar-refractivity contribution < 1.29 is 4.79 Å². The normalized spacial score (nSPS) is 24.3. The Hall–Kier alpha value is -2.62. The van der Waals surface area contributed by atoms with E-state index < -0.39 is 0 Å². The first-order chi connectivity index (χ1) is 19.0. The summed E-state index contributed by atoms with van der Waals surface area (Å²) in [5.41, 5.74) is 8.04. The fourth-order valence-electron chi connectivity index (χ4n) is 6.31. The minimum absolute atomic E-state index is 0.179. The standard InChI is InChI=1S/C28H36Cl2N8O/c29-20-8-5-9-21(30)23(20)27(39)37-15-4-3-10-22(37)34-25-24-26(38(16-32-24)19-6-1-2-7-19)36-28(35-25)33-18-13-11-17(31)12-14-18/h5,8-9,16-19,22H,1-4,6-7,10-15,31H2,(H2,33,34,35,36). The van der Waals surface area contributed by atoms with Gasteiger partial charge in [0, 0.05) is 24.7 Å². The van der Waals surface area contributed by atoms with Crippen LogP contribution in [0.2, 0.25) is 10.0 Å². The first-order valence-corrected chi connectivity index (χ1v) is 15.0. The van der Waals surface area contributed by atoms with Crippen LogP contribution in [0.15, 0.2) is 24.5 Å². The molecule has 1 saturated heterocycles. The fraction of sp³-hybridized carbons (Fsp3) is 0.571. The van der Waals surface area contributed by atoms with Crippen LogP contribution in [0, 0.1) is 0 Å². The zero-order chi connectivity index (χ0) is 26.9. The van der Waals surface area contributed by atoms with Crippen molar-refractivity contribution in [1.82, 2.24) is 24.4 Å². The van der Waals surface area contributed by atoms with Crippen molar-refractivity contribution in [2.75, 3.05) is 17.2 Å². The number of aromatic nitrogens is 4. The molecular weight excluding hydrogens is 535 g/mol. The molecular formula is C28H36Cl2N8O. The summed E-state index contributed by atoms with van der Waals surface area (Å²) in [7, 11) is 0. The molecule has 2 aliphatic carbocycles. The van der Waals surface area contributed by atoms with Gasteiger partial charge in [-0.2, -0.15) is 9.97 Å². The number of nitrogens with zero attached hydrogens (tertiary/aromatic N) is 5. The summed E-state index contributed by atoms with van der Waals surface area (Å²) < 4.78 is 2.21. The summed E-state index contributed by atoms with van der Waals surface area (Å²) in [4.78, 5) is 30.2. The summed E-state index contributed by atoms with van der Waals surface area (Å²) in [5, 5.41) is 7.88. The summed E-state index contributed by atoms with van der Waals surface area (Å²) in [6.45, 7) is 0.607. The van der Waals surface area contributed by atoms with E-state index in [1.165, 1.54) is 12.8 Å². The van der Waals surface area contributed by atoms with E-state index in [0.717, 1.165) is 69.0 Å². The van der Waals surface area contributed by atoms with Gasteiger partial charge in [-0.05, 0) is 69.9 Å². The third-order valence-electron chi connectivity index (χ3n) is 8.49. The highest BCUT2D eigenvalue weighted by molar-refractivity contribution is 6.39. The van der Waals surface area contributed by atoms with Gasteiger partial charge in [-0.3, -0.25) is 4.79 Å². The molecule has 39 heavy (non-hydrogen) atoms. The number of nitrogens with two attached hydrogens (primary N) is 1. The number of nitrogens with one attached hydrogen (secondary N) is 2. The zero-order valence-corrected chi connectivity index (χ0v) is 23.6. The number of piperidine rings is 1. The molecule has 1 atom stereocenters.